The third-order valence-corrected chi connectivity index (χ3v) is 3.94. The Morgan fingerprint density at radius 2 is 1.95 bits per heavy atom. The van der Waals surface area contributed by atoms with E-state index in [1.165, 1.54) is 18.4 Å². The maximum atomic E-state index is 12.2. The molecule has 4 nitrogen and oxygen atoms in total. The summed E-state index contributed by atoms with van der Waals surface area (Å²) < 4.78 is 4.87. The summed E-state index contributed by atoms with van der Waals surface area (Å²) in [5.41, 5.74) is 1.94. The zero-order valence-corrected chi connectivity index (χ0v) is 13.3. The summed E-state index contributed by atoms with van der Waals surface area (Å²) in [6.45, 7) is 5.40. The highest BCUT2D eigenvalue weighted by atomic mass is 16.5. The summed E-state index contributed by atoms with van der Waals surface area (Å²) in [5, 5.41) is 0. The summed E-state index contributed by atoms with van der Waals surface area (Å²) in [4.78, 5) is 25.9. The number of carbonyl (C=O) groups excluding carboxylic acids is 2. The zero-order valence-electron chi connectivity index (χ0n) is 13.3. The van der Waals surface area contributed by atoms with E-state index in [0.717, 1.165) is 25.2 Å². The second-order valence-electron chi connectivity index (χ2n) is 5.77. The van der Waals surface area contributed by atoms with Crippen molar-refractivity contribution in [1.82, 2.24) is 4.90 Å². The average molecular weight is 303 g/mol. The fourth-order valence-electron chi connectivity index (χ4n) is 2.81. The van der Waals surface area contributed by atoms with Gasteiger partial charge in [-0.25, -0.2) is 0 Å². The van der Waals surface area contributed by atoms with Gasteiger partial charge in [0.1, 0.15) is 0 Å². The predicted molar refractivity (Wildman–Crippen MR) is 85.8 cm³/mol. The Hall–Kier alpha value is -1.68. The van der Waals surface area contributed by atoms with Crippen molar-refractivity contribution in [1.29, 1.82) is 0 Å². The largest absolute Gasteiger partial charge is 0.466 e. The second-order valence-corrected chi connectivity index (χ2v) is 5.77. The average Bonchev–Trinajstić information content (AvgIpc) is 3.00. The van der Waals surface area contributed by atoms with Gasteiger partial charge in [-0.05, 0) is 50.9 Å². The zero-order chi connectivity index (χ0) is 15.8. The normalized spacial score (nSPS) is 15.0. The van der Waals surface area contributed by atoms with Crippen molar-refractivity contribution in [2.75, 3.05) is 19.7 Å². The fraction of sp³-hybridized carbons (Fsp3) is 0.556. The molecule has 0 radical (unpaired) electrons. The van der Waals surface area contributed by atoms with Crippen LogP contribution in [0.4, 0.5) is 0 Å². The first-order valence-corrected chi connectivity index (χ1v) is 8.19. The number of Topliss-reactive ketones (excluding diaryl/α,β-unsaturated/α-hetero) is 1. The van der Waals surface area contributed by atoms with E-state index in [-0.39, 0.29) is 11.8 Å². The van der Waals surface area contributed by atoms with Gasteiger partial charge >= 0.3 is 5.97 Å². The Kier molecular flexibility index (Phi) is 6.59. The number of ketones is 1. The van der Waals surface area contributed by atoms with Crippen LogP contribution >= 0.6 is 0 Å². The molecule has 1 aromatic rings. The van der Waals surface area contributed by atoms with E-state index in [1.54, 1.807) is 6.92 Å². The number of hydrogen-bond donors (Lipinski definition) is 0. The van der Waals surface area contributed by atoms with Gasteiger partial charge in [-0.3, -0.25) is 14.5 Å². The Morgan fingerprint density at radius 3 is 2.68 bits per heavy atom. The molecule has 1 saturated heterocycles. The quantitative estimate of drug-likeness (QED) is 0.546. The molecule has 0 aliphatic carbocycles. The SMILES string of the molecule is CCOC(=O)CCCC(=O)c1cccc(CN2CCCC2)c1. The van der Waals surface area contributed by atoms with Crippen LogP contribution in [0.15, 0.2) is 24.3 Å². The molecule has 1 fully saturated rings. The third-order valence-electron chi connectivity index (χ3n) is 3.94. The summed E-state index contributed by atoms with van der Waals surface area (Å²) in [7, 11) is 0. The molecule has 0 aromatic heterocycles. The first-order chi connectivity index (χ1) is 10.7. The molecular formula is C18H25NO3. The number of esters is 1. The first kappa shape index (κ1) is 16.7. The van der Waals surface area contributed by atoms with Gasteiger partial charge in [0.15, 0.2) is 5.78 Å². The van der Waals surface area contributed by atoms with Crippen LogP contribution < -0.4 is 0 Å². The van der Waals surface area contributed by atoms with Gasteiger partial charge in [0.05, 0.1) is 6.61 Å². The second kappa shape index (κ2) is 8.69. The smallest absolute Gasteiger partial charge is 0.305 e. The molecule has 0 N–H and O–H groups in total. The molecule has 4 heteroatoms. The predicted octanol–water partition coefficient (Wildman–Crippen LogP) is 3.20. The standard InChI is InChI=1S/C18H25NO3/c1-2-22-18(21)10-6-9-17(20)16-8-5-7-15(13-16)14-19-11-3-4-12-19/h5,7-8,13H,2-4,6,9-12,14H2,1H3. The molecule has 0 bridgehead atoms. The molecule has 0 amide bonds. The highest BCUT2D eigenvalue weighted by Gasteiger charge is 2.13. The number of likely N-dealkylation sites (tertiary alicyclic amines) is 1. The molecule has 120 valence electrons. The highest BCUT2D eigenvalue weighted by molar-refractivity contribution is 5.96. The first-order valence-electron chi connectivity index (χ1n) is 8.19. The van der Waals surface area contributed by atoms with E-state index < -0.39 is 0 Å². The van der Waals surface area contributed by atoms with Crippen LogP contribution in [0.25, 0.3) is 0 Å². The number of nitrogens with zero attached hydrogens (tertiary/aromatic N) is 1. The summed E-state index contributed by atoms with van der Waals surface area (Å²) in [6, 6.07) is 7.88. The minimum Gasteiger partial charge on any atom is -0.466 e. The van der Waals surface area contributed by atoms with Crippen LogP contribution in [0.5, 0.6) is 0 Å². The monoisotopic (exact) mass is 303 g/mol. The Labute approximate surface area is 132 Å². The van der Waals surface area contributed by atoms with Crippen molar-refractivity contribution >= 4 is 11.8 Å². The molecule has 0 spiro atoms. The van der Waals surface area contributed by atoms with Gasteiger partial charge in [0, 0.05) is 24.9 Å². The topological polar surface area (TPSA) is 46.6 Å². The Morgan fingerprint density at radius 1 is 1.18 bits per heavy atom. The van der Waals surface area contributed by atoms with Crippen molar-refractivity contribution in [3.63, 3.8) is 0 Å². The lowest BCUT2D eigenvalue weighted by molar-refractivity contribution is -0.143. The third kappa shape index (κ3) is 5.26. The molecule has 1 aromatic carbocycles. The number of rotatable bonds is 8. The molecular weight excluding hydrogens is 278 g/mol. The van der Waals surface area contributed by atoms with Crippen molar-refractivity contribution in [3.8, 4) is 0 Å². The van der Waals surface area contributed by atoms with Gasteiger partial charge in [0.25, 0.3) is 0 Å². The molecule has 0 atom stereocenters. The van der Waals surface area contributed by atoms with Crippen molar-refractivity contribution in [2.45, 2.75) is 45.6 Å². The maximum absolute atomic E-state index is 12.2. The van der Waals surface area contributed by atoms with Crippen molar-refractivity contribution in [2.24, 2.45) is 0 Å². The van der Waals surface area contributed by atoms with Gasteiger partial charge in [0.2, 0.25) is 0 Å². The lowest BCUT2D eigenvalue weighted by Crippen LogP contribution is -2.18. The van der Waals surface area contributed by atoms with Crippen LogP contribution in [0.2, 0.25) is 0 Å². The van der Waals surface area contributed by atoms with Crippen LogP contribution in [0.3, 0.4) is 0 Å². The summed E-state index contributed by atoms with van der Waals surface area (Å²) in [5.74, 6) is -0.120. The van der Waals surface area contributed by atoms with E-state index >= 15 is 0 Å². The van der Waals surface area contributed by atoms with E-state index in [1.807, 2.05) is 18.2 Å². The Bertz CT molecular complexity index is 507. The maximum Gasteiger partial charge on any atom is 0.305 e. The molecule has 2 rings (SSSR count). The van der Waals surface area contributed by atoms with Crippen LogP contribution in [-0.2, 0) is 16.1 Å². The van der Waals surface area contributed by atoms with E-state index in [2.05, 4.69) is 11.0 Å². The summed E-state index contributed by atoms with van der Waals surface area (Å²) >= 11 is 0. The molecule has 22 heavy (non-hydrogen) atoms. The van der Waals surface area contributed by atoms with Gasteiger partial charge < -0.3 is 4.74 Å². The van der Waals surface area contributed by atoms with E-state index in [9.17, 15) is 9.59 Å². The van der Waals surface area contributed by atoms with E-state index in [0.29, 0.717) is 25.9 Å². The van der Waals surface area contributed by atoms with Crippen molar-refractivity contribution in [3.05, 3.63) is 35.4 Å². The number of benzene rings is 1. The minimum atomic E-state index is -0.224. The molecule has 1 heterocycles. The van der Waals surface area contributed by atoms with Crippen molar-refractivity contribution < 1.29 is 14.3 Å². The van der Waals surface area contributed by atoms with Gasteiger partial charge in [-0.1, -0.05) is 18.2 Å². The summed E-state index contributed by atoms with van der Waals surface area (Å²) in [6.07, 6.45) is 3.80. The van der Waals surface area contributed by atoms with Gasteiger partial charge in [-0.15, -0.1) is 0 Å². The lowest BCUT2D eigenvalue weighted by Gasteiger charge is -2.15. The van der Waals surface area contributed by atoms with Gasteiger partial charge in [-0.2, -0.15) is 0 Å². The molecule has 0 unspecified atom stereocenters. The van der Waals surface area contributed by atoms with Crippen LogP contribution in [0, 0.1) is 0 Å². The Balaban J connectivity index is 1.82. The molecule has 0 saturated carbocycles. The minimum absolute atomic E-state index is 0.104. The highest BCUT2D eigenvalue weighted by Crippen LogP contribution is 2.15. The fourth-order valence-corrected chi connectivity index (χ4v) is 2.81. The van der Waals surface area contributed by atoms with Crippen LogP contribution in [-0.4, -0.2) is 36.3 Å². The number of ether oxygens (including phenoxy) is 1. The number of hydrogen-bond acceptors (Lipinski definition) is 4. The molecule has 1 aliphatic heterocycles. The lowest BCUT2D eigenvalue weighted by atomic mass is 10.0. The van der Waals surface area contributed by atoms with Crippen LogP contribution in [0.1, 0.15) is 54.9 Å². The molecule has 1 aliphatic rings. The van der Waals surface area contributed by atoms with E-state index in [4.69, 9.17) is 4.74 Å². The number of carbonyl (C=O) groups is 2.